The molecule has 0 unspecified atom stereocenters. The summed E-state index contributed by atoms with van der Waals surface area (Å²) < 4.78 is 5.51. The Balaban J connectivity index is 0.000000175. The molecule has 10 rings (SSSR count). The molecule has 69 heavy (non-hydrogen) atoms. The summed E-state index contributed by atoms with van der Waals surface area (Å²) >= 11 is 2.79. The average molecular weight is 959 g/mol. The molecule has 3 amide bonds. The predicted molar refractivity (Wildman–Crippen MR) is 276 cm³/mol. The second-order valence-corrected chi connectivity index (χ2v) is 19.4. The fourth-order valence-corrected chi connectivity index (χ4v) is 9.36. The normalized spacial score (nSPS) is 14.5. The van der Waals surface area contributed by atoms with E-state index >= 15 is 0 Å². The van der Waals surface area contributed by atoms with Gasteiger partial charge < -0.3 is 25.6 Å². The van der Waals surface area contributed by atoms with Crippen molar-refractivity contribution in [2.45, 2.75) is 39.5 Å². The molecule has 16 heteroatoms. The number of para-hydroxylation sites is 2. The number of ether oxygens (including phenoxy) is 1. The summed E-state index contributed by atoms with van der Waals surface area (Å²) in [6.45, 7) is 14.5. The van der Waals surface area contributed by atoms with Crippen molar-refractivity contribution in [1.82, 2.24) is 40.0 Å². The van der Waals surface area contributed by atoms with Gasteiger partial charge in [0, 0.05) is 98.1 Å². The van der Waals surface area contributed by atoms with Crippen LogP contribution in [-0.2, 0) is 17.8 Å². The molecule has 0 radical (unpaired) electrons. The minimum atomic E-state index is -0.487. The van der Waals surface area contributed by atoms with Gasteiger partial charge in [0.05, 0.1) is 44.8 Å². The first-order chi connectivity index (χ1) is 33.5. The summed E-state index contributed by atoms with van der Waals surface area (Å²) in [4.78, 5) is 62.1. The lowest BCUT2D eigenvalue weighted by molar-refractivity contribution is 0.0139. The number of nitrogens with one attached hydrogen (secondary N) is 3. The molecular weight excluding hydrogens is 905 g/mol. The summed E-state index contributed by atoms with van der Waals surface area (Å²) in [6.07, 6.45) is -0.247. The Hall–Kier alpha value is -6.95. The van der Waals surface area contributed by atoms with Gasteiger partial charge in [-0.2, -0.15) is 0 Å². The van der Waals surface area contributed by atoms with Crippen LogP contribution in [0, 0.1) is 0 Å². The van der Waals surface area contributed by atoms with E-state index in [1.54, 1.807) is 26.7 Å². The van der Waals surface area contributed by atoms with E-state index in [0.29, 0.717) is 35.9 Å². The molecule has 2 aliphatic heterocycles. The van der Waals surface area contributed by atoms with E-state index < -0.39 is 5.60 Å². The summed E-state index contributed by atoms with van der Waals surface area (Å²) in [6, 6.07) is 36.6. The number of benzene rings is 4. The molecule has 2 fully saturated rings. The highest BCUT2D eigenvalue weighted by Crippen LogP contribution is 2.29. The Bertz CT molecular complexity index is 3050. The second-order valence-electron chi connectivity index (χ2n) is 18.0. The van der Waals surface area contributed by atoms with Gasteiger partial charge in [0.1, 0.15) is 17.0 Å². The fraction of sp³-hybridized carbons (Fsp3) is 0.264. The number of aromatic nitrogens is 4. The van der Waals surface area contributed by atoms with Crippen molar-refractivity contribution in [1.29, 1.82) is 0 Å². The lowest BCUT2D eigenvalue weighted by atomic mass is 10.1. The summed E-state index contributed by atoms with van der Waals surface area (Å²) in [5, 5.41) is 14.7. The van der Waals surface area contributed by atoms with E-state index in [2.05, 4.69) is 84.2 Å². The number of hydrogen-bond acceptors (Lipinski definition) is 13. The quantitative estimate of drug-likeness (QED) is 0.120. The van der Waals surface area contributed by atoms with Crippen LogP contribution in [0.5, 0.6) is 0 Å². The van der Waals surface area contributed by atoms with Gasteiger partial charge in [0.2, 0.25) is 0 Å². The average Bonchev–Trinajstić information content (AvgIpc) is 4.12. The Labute approximate surface area is 409 Å². The SMILES string of the molecule is CC(C)(C)OC(=O)N1CCN(Cc2cccc(-c3ccc4cccc(NC(=O)c5cscn5)c4n3)c2)CC1.O=C(Nc1cccc2ccc(-c3cccc(CN4CCNCC4)c3)nc12)c1cscn1. The number of piperazine rings is 2. The number of pyridine rings is 2. The Kier molecular flexibility index (Phi) is 14.7. The highest BCUT2D eigenvalue weighted by atomic mass is 32.1. The number of rotatable bonds is 10. The molecule has 0 aliphatic carbocycles. The molecule has 0 spiro atoms. The number of anilines is 2. The molecule has 6 heterocycles. The first-order valence-corrected chi connectivity index (χ1v) is 24.9. The minimum absolute atomic E-state index is 0.223. The molecule has 352 valence electrons. The van der Waals surface area contributed by atoms with Gasteiger partial charge in [0.25, 0.3) is 11.8 Å². The number of nitrogens with zero attached hydrogens (tertiary/aromatic N) is 7. The predicted octanol–water partition coefficient (Wildman–Crippen LogP) is 9.68. The van der Waals surface area contributed by atoms with Crippen LogP contribution < -0.4 is 16.0 Å². The molecule has 0 atom stereocenters. The number of amides is 3. The van der Waals surface area contributed by atoms with E-state index in [1.807, 2.05) is 81.4 Å². The number of carbonyl (C=O) groups is 3. The maximum absolute atomic E-state index is 12.6. The van der Waals surface area contributed by atoms with Gasteiger partial charge in [-0.3, -0.25) is 19.4 Å². The molecule has 0 saturated carbocycles. The van der Waals surface area contributed by atoms with Gasteiger partial charge in [-0.25, -0.2) is 24.7 Å². The van der Waals surface area contributed by atoms with E-state index in [-0.39, 0.29) is 17.9 Å². The Morgan fingerprint density at radius 2 is 1.09 bits per heavy atom. The van der Waals surface area contributed by atoms with Crippen LogP contribution in [0.2, 0.25) is 0 Å². The molecule has 14 nitrogen and oxygen atoms in total. The van der Waals surface area contributed by atoms with Crippen LogP contribution in [0.4, 0.5) is 16.2 Å². The van der Waals surface area contributed by atoms with Gasteiger partial charge in [-0.15, -0.1) is 22.7 Å². The lowest BCUT2D eigenvalue weighted by Gasteiger charge is -2.35. The lowest BCUT2D eigenvalue weighted by Crippen LogP contribution is -2.49. The van der Waals surface area contributed by atoms with Crippen LogP contribution in [0.1, 0.15) is 52.9 Å². The molecule has 0 bridgehead atoms. The molecule has 4 aromatic heterocycles. The number of carbonyl (C=O) groups excluding carboxylic acids is 3. The molecule has 2 aliphatic rings. The van der Waals surface area contributed by atoms with E-state index in [0.717, 1.165) is 96.7 Å². The number of thiazole rings is 2. The van der Waals surface area contributed by atoms with Gasteiger partial charge in [0.15, 0.2) is 0 Å². The third-order valence-corrected chi connectivity index (χ3v) is 12.9. The maximum atomic E-state index is 12.6. The second kappa shape index (κ2) is 21.6. The van der Waals surface area contributed by atoms with Crippen molar-refractivity contribution >= 4 is 73.8 Å². The fourth-order valence-electron chi connectivity index (χ4n) is 8.30. The number of hydrogen-bond donors (Lipinski definition) is 3. The molecule has 3 N–H and O–H groups in total. The van der Waals surface area contributed by atoms with E-state index in [4.69, 9.17) is 14.7 Å². The zero-order valence-corrected chi connectivity index (χ0v) is 40.5. The van der Waals surface area contributed by atoms with Crippen molar-refractivity contribution in [3.8, 4) is 22.5 Å². The van der Waals surface area contributed by atoms with Crippen molar-refractivity contribution < 1.29 is 19.1 Å². The van der Waals surface area contributed by atoms with Crippen molar-refractivity contribution in [2.24, 2.45) is 0 Å². The summed E-state index contributed by atoms with van der Waals surface area (Å²) in [5.74, 6) is -0.473. The zero-order valence-electron chi connectivity index (χ0n) is 38.9. The third kappa shape index (κ3) is 12.2. The van der Waals surface area contributed by atoms with Crippen molar-refractivity contribution in [3.63, 3.8) is 0 Å². The Morgan fingerprint density at radius 1 is 0.609 bits per heavy atom. The highest BCUT2D eigenvalue weighted by molar-refractivity contribution is 7.08. The highest BCUT2D eigenvalue weighted by Gasteiger charge is 2.26. The molecule has 8 aromatic rings. The zero-order chi connectivity index (χ0) is 47.7. The molecule has 2 saturated heterocycles. The monoisotopic (exact) mass is 958 g/mol. The van der Waals surface area contributed by atoms with Crippen LogP contribution in [-0.4, -0.2) is 111 Å². The van der Waals surface area contributed by atoms with Crippen LogP contribution in [0.15, 0.2) is 131 Å². The number of fused-ring (bicyclic) bond motifs is 2. The maximum Gasteiger partial charge on any atom is 0.410 e. The first-order valence-electron chi connectivity index (χ1n) is 23.0. The summed E-state index contributed by atoms with van der Waals surface area (Å²) in [7, 11) is 0. The van der Waals surface area contributed by atoms with Crippen LogP contribution >= 0.6 is 22.7 Å². The topological polar surface area (TPSA) is 158 Å². The summed E-state index contributed by atoms with van der Waals surface area (Å²) in [5.41, 5.74) is 12.8. The Morgan fingerprint density at radius 3 is 1.55 bits per heavy atom. The van der Waals surface area contributed by atoms with E-state index in [9.17, 15) is 14.4 Å². The van der Waals surface area contributed by atoms with Gasteiger partial charge in [-0.1, -0.05) is 72.8 Å². The van der Waals surface area contributed by atoms with Crippen molar-refractivity contribution in [2.75, 3.05) is 63.0 Å². The third-order valence-electron chi connectivity index (χ3n) is 11.8. The molecular formula is C53H54N10O4S2. The van der Waals surface area contributed by atoms with Gasteiger partial charge in [-0.05, 0) is 68.3 Å². The smallest absolute Gasteiger partial charge is 0.410 e. The molecule has 4 aromatic carbocycles. The van der Waals surface area contributed by atoms with Crippen LogP contribution in [0.25, 0.3) is 44.3 Å². The van der Waals surface area contributed by atoms with E-state index in [1.165, 1.54) is 33.8 Å². The minimum Gasteiger partial charge on any atom is -0.444 e. The largest absolute Gasteiger partial charge is 0.444 e. The van der Waals surface area contributed by atoms with Crippen molar-refractivity contribution in [3.05, 3.63) is 153 Å². The first kappa shape index (κ1) is 47.1. The van der Waals surface area contributed by atoms with Crippen LogP contribution in [0.3, 0.4) is 0 Å². The standard InChI is InChI=1S/C29H31N5O3S.C24H23N5OS/c1-29(2,3)37-28(36)34-14-12-33(13-15-34)17-20-6-4-8-22(16-20)23-11-10-21-7-5-9-24(26(21)31-23)32-27(35)25-18-38-19-30-25;30-24(22-15-31-16-26-22)28-21-6-2-4-18-7-8-20(27-23(18)21)19-5-1-3-17(13-19)14-29-11-9-25-10-12-29/h4-11,16,18-19H,12-15,17H2,1-3H3,(H,32,35);1-8,13,15-16,25H,9-12,14H2,(H,28,30). The van der Waals surface area contributed by atoms with Gasteiger partial charge >= 0.3 is 6.09 Å².